The Kier molecular flexibility index (Phi) is 9.30. The molecule has 0 radical (unpaired) electrons. The Morgan fingerprint density at radius 1 is 1.12 bits per heavy atom. The van der Waals surface area contributed by atoms with E-state index in [-0.39, 0.29) is 0 Å². The Hall–Kier alpha value is -4.32. The van der Waals surface area contributed by atoms with Crippen molar-refractivity contribution in [1.82, 2.24) is 35.0 Å². The number of hydrogen-bond acceptors (Lipinski definition) is 10. The molecule has 12 nitrogen and oxygen atoms in total. The maximum atomic E-state index is 12.1. The van der Waals surface area contributed by atoms with Gasteiger partial charge in [-0.2, -0.15) is 5.10 Å². The highest BCUT2D eigenvalue weighted by Gasteiger charge is 2.21. The summed E-state index contributed by atoms with van der Waals surface area (Å²) < 4.78 is 5.83. The monoisotopic (exact) mass is 545 g/mol. The molecule has 0 spiro atoms. The van der Waals surface area contributed by atoms with E-state index in [0.29, 0.717) is 48.8 Å². The standard InChI is InChI=1S/C28H35N9O3/c38-28(39)23(35-26-22-18-33-36-27(22)32-19-31-26)11-15-37(16-17-40-24-8-1-3-12-29-24)14-4-2-7-21-10-9-20-6-5-13-30-25(20)34-21/h1,3,8-10,12,18-19,23H,2,4-7,11,13-17H2,(H,30,34)(H,38,39)(H2,31,32,33,35,36)/t23-/m0/s1. The summed E-state index contributed by atoms with van der Waals surface area (Å²) in [4.78, 5) is 31.7. The van der Waals surface area contributed by atoms with Crippen LogP contribution in [0.1, 0.15) is 36.9 Å². The Balaban J connectivity index is 1.16. The molecule has 0 saturated heterocycles. The number of aliphatic carboxylic acids is 1. The summed E-state index contributed by atoms with van der Waals surface area (Å²) >= 11 is 0. The number of carboxylic acid groups (broad SMARTS) is 1. The lowest BCUT2D eigenvalue weighted by Gasteiger charge is -2.24. The third-order valence-electron chi connectivity index (χ3n) is 7.00. The number of hydrogen-bond donors (Lipinski definition) is 4. The molecule has 210 valence electrons. The molecule has 0 unspecified atom stereocenters. The number of unbranched alkanes of at least 4 members (excludes halogenated alkanes) is 1. The van der Waals surface area contributed by atoms with E-state index in [0.717, 1.165) is 56.7 Å². The number of pyridine rings is 2. The third kappa shape index (κ3) is 7.41. The summed E-state index contributed by atoms with van der Waals surface area (Å²) in [6.45, 7) is 3.50. The fourth-order valence-electron chi connectivity index (χ4n) is 4.81. The van der Waals surface area contributed by atoms with Crippen LogP contribution in [0.15, 0.2) is 49.1 Å². The zero-order chi connectivity index (χ0) is 27.6. The molecule has 0 aromatic carbocycles. The van der Waals surface area contributed by atoms with Crippen molar-refractivity contribution < 1.29 is 14.6 Å². The lowest BCUT2D eigenvalue weighted by molar-refractivity contribution is -0.138. The topological polar surface area (TPSA) is 154 Å². The van der Waals surface area contributed by atoms with Crippen LogP contribution in [0.3, 0.4) is 0 Å². The quantitative estimate of drug-likeness (QED) is 0.163. The normalized spacial score (nSPS) is 13.5. The van der Waals surface area contributed by atoms with Gasteiger partial charge in [0.15, 0.2) is 5.65 Å². The van der Waals surface area contributed by atoms with Gasteiger partial charge in [0.2, 0.25) is 5.88 Å². The van der Waals surface area contributed by atoms with Crippen molar-refractivity contribution in [3.8, 4) is 5.88 Å². The lowest BCUT2D eigenvalue weighted by atomic mass is 10.1. The van der Waals surface area contributed by atoms with Crippen molar-refractivity contribution in [2.24, 2.45) is 0 Å². The molecule has 0 amide bonds. The molecule has 5 rings (SSSR count). The van der Waals surface area contributed by atoms with Gasteiger partial charge >= 0.3 is 5.97 Å². The summed E-state index contributed by atoms with van der Waals surface area (Å²) in [6, 6.07) is 9.07. The van der Waals surface area contributed by atoms with E-state index in [1.165, 1.54) is 11.9 Å². The van der Waals surface area contributed by atoms with Crippen molar-refractivity contribution in [3.05, 3.63) is 60.3 Å². The number of carboxylic acids is 1. The van der Waals surface area contributed by atoms with Crippen LogP contribution in [0.2, 0.25) is 0 Å². The van der Waals surface area contributed by atoms with Crippen molar-refractivity contribution in [3.63, 3.8) is 0 Å². The van der Waals surface area contributed by atoms with Crippen LogP contribution in [0.5, 0.6) is 5.88 Å². The molecular weight excluding hydrogens is 510 g/mol. The molecule has 0 bridgehead atoms. The second-order valence-corrected chi connectivity index (χ2v) is 9.83. The minimum atomic E-state index is -0.938. The van der Waals surface area contributed by atoms with Gasteiger partial charge < -0.3 is 20.5 Å². The molecule has 4 aromatic rings. The molecule has 0 fully saturated rings. The fourth-order valence-corrected chi connectivity index (χ4v) is 4.81. The SMILES string of the molecule is O=C(O)[C@H](CCN(CCCCc1ccc2c(n1)NCCC2)CCOc1ccccn1)Nc1ncnc2[nH]ncc12. The molecule has 40 heavy (non-hydrogen) atoms. The van der Waals surface area contributed by atoms with Crippen molar-refractivity contribution in [1.29, 1.82) is 0 Å². The summed E-state index contributed by atoms with van der Waals surface area (Å²) in [7, 11) is 0. The molecule has 12 heteroatoms. The van der Waals surface area contributed by atoms with E-state index in [9.17, 15) is 9.90 Å². The zero-order valence-electron chi connectivity index (χ0n) is 22.4. The third-order valence-corrected chi connectivity index (χ3v) is 7.00. The number of aryl methyl sites for hydroxylation is 2. The first-order valence-corrected chi connectivity index (χ1v) is 13.8. The molecule has 0 saturated carbocycles. The average molecular weight is 546 g/mol. The van der Waals surface area contributed by atoms with Crippen LogP contribution >= 0.6 is 0 Å². The van der Waals surface area contributed by atoms with Gasteiger partial charge in [-0.1, -0.05) is 12.1 Å². The number of aromatic nitrogens is 6. The number of rotatable bonds is 15. The molecule has 0 aliphatic carbocycles. The van der Waals surface area contributed by atoms with Crippen LogP contribution < -0.4 is 15.4 Å². The van der Waals surface area contributed by atoms with Crippen LogP contribution in [-0.2, 0) is 17.6 Å². The maximum absolute atomic E-state index is 12.1. The number of H-pyrrole nitrogens is 1. The molecule has 5 heterocycles. The van der Waals surface area contributed by atoms with Crippen LogP contribution in [0.25, 0.3) is 11.0 Å². The van der Waals surface area contributed by atoms with Crippen molar-refractivity contribution in [2.75, 3.05) is 43.4 Å². The Morgan fingerprint density at radius 2 is 2.08 bits per heavy atom. The Morgan fingerprint density at radius 3 is 2.95 bits per heavy atom. The summed E-state index contributed by atoms with van der Waals surface area (Å²) in [6.07, 6.45) is 10.2. The molecule has 1 aliphatic rings. The molecular formula is C28H35N9O3. The predicted molar refractivity (Wildman–Crippen MR) is 152 cm³/mol. The van der Waals surface area contributed by atoms with E-state index in [1.807, 2.05) is 18.2 Å². The highest BCUT2D eigenvalue weighted by atomic mass is 16.5. The van der Waals surface area contributed by atoms with Gasteiger partial charge in [0.1, 0.15) is 30.6 Å². The number of fused-ring (bicyclic) bond motifs is 2. The first-order chi connectivity index (χ1) is 19.7. The second-order valence-electron chi connectivity index (χ2n) is 9.83. The van der Waals surface area contributed by atoms with E-state index in [1.54, 1.807) is 12.4 Å². The first-order valence-electron chi connectivity index (χ1n) is 13.8. The van der Waals surface area contributed by atoms with Gasteiger partial charge in [-0.3, -0.25) is 10.00 Å². The Labute approximate surface area is 232 Å². The van der Waals surface area contributed by atoms with Gasteiger partial charge in [0.25, 0.3) is 0 Å². The average Bonchev–Trinajstić information content (AvgIpc) is 3.47. The van der Waals surface area contributed by atoms with E-state index in [2.05, 4.69) is 52.8 Å². The number of ether oxygens (including phenoxy) is 1. The number of anilines is 2. The van der Waals surface area contributed by atoms with Gasteiger partial charge in [-0.25, -0.2) is 24.7 Å². The second kappa shape index (κ2) is 13.7. The highest BCUT2D eigenvalue weighted by Crippen LogP contribution is 2.21. The van der Waals surface area contributed by atoms with Gasteiger partial charge in [-0.15, -0.1) is 0 Å². The van der Waals surface area contributed by atoms with E-state index < -0.39 is 12.0 Å². The minimum absolute atomic E-state index is 0.389. The Bertz CT molecular complexity index is 1380. The smallest absolute Gasteiger partial charge is 0.326 e. The van der Waals surface area contributed by atoms with Gasteiger partial charge in [-0.05, 0) is 62.8 Å². The predicted octanol–water partition coefficient (Wildman–Crippen LogP) is 3.16. The maximum Gasteiger partial charge on any atom is 0.326 e. The minimum Gasteiger partial charge on any atom is -0.480 e. The van der Waals surface area contributed by atoms with E-state index in [4.69, 9.17) is 9.72 Å². The number of carbonyl (C=O) groups is 1. The van der Waals surface area contributed by atoms with Crippen molar-refractivity contribution >= 4 is 28.6 Å². The van der Waals surface area contributed by atoms with Gasteiger partial charge in [0.05, 0.1) is 11.6 Å². The lowest BCUT2D eigenvalue weighted by Crippen LogP contribution is -2.37. The molecule has 4 aromatic heterocycles. The van der Waals surface area contributed by atoms with Crippen LogP contribution in [0.4, 0.5) is 11.6 Å². The highest BCUT2D eigenvalue weighted by molar-refractivity contribution is 5.88. The van der Waals surface area contributed by atoms with E-state index >= 15 is 0 Å². The molecule has 4 N–H and O–H groups in total. The number of nitrogens with zero attached hydrogens (tertiary/aromatic N) is 6. The summed E-state index contributed by atoms with van der Waals surface area (Å²) in [5, 5.41) is 23.8. The molecule has 1 atom stereocenters. The van der Waals surface area contributed by atoms with Crippen LogP contribution in [-0.4, -0.2) is 84.9 Å². The van der Waals surface area contributed by atoms with Gasteiger partial charge in [0, 0.05) is 37.6 Å². The van der Waals surface area contributed by atoms with Crippen molar-refractivity contribution in [2.45, 2.75) is 44.6 Å². The number of aromatic amines is 1. The fraction of sp³-hybridized carbons (Fsp3) is 0.429. The largest absolute Gasteiger partial charge is 0.480 e. The first kappa shape index (κ1) is 27.3. The molecule has 1 aliphatic heterocycles. The van der Waals surface area contributed by atoms with Crippen LogP contribution in [0, 0.1) is 0 Å². The summed E-state index contributed by atoms with van der Waals surface area (Å²) in [5.74, 6) is 1.11. The number of nitrogens with one attached hydrogen (secondary N) is 3. The zero-order valence-corrected chi connectivity index (χ0v) is 22.4. The summed E-state index contributed by atoms with van der Waals surface area (Å²) in [5.41, 5.74) is 2.95.